The van der Waals surface area contributed by atoms with E-state index in [4.69, 9.17) is 4.42 Å². The summed E-state index contributed by atoms with van der Waals surface area (Å²) in [6.07, 6.45) is 0.135. The Balaban J connectivity index is 2.25. The fraction of sp³-hybridized carbons (Fsp3) is 0.375. The summed E-state index contributed by atoms with van der Waals surface area (Å²) < 4.78 is 10.3. The van der Waals surface area contributed by atoms with E-state index in [1.807, 2.05) is 12.1 Å². The molecule has 0 bridgehead atoms. The van der Waals surface area contributed by atoms with Gasteiger partial charge in [-0.1, -0.05) is 26.0 Å². The van der Waals surface area contributed by atoms with E-state index in [2.05, 4.69) is 35.7 Å². The minimum atomic E-state index is -0.317. The lowest BCUT2D eigenvalue weighted by Crippen LogP contribution is -2.05. The fourth-order valence-corrected chi connectivity index (χ4v) is 1.93. The summed E-state index contributed by atoms with van der Waals surface area (Å²) in [5, 5.41) is 0. The molecule has 0 N–H and O–H groups in total. The monoisotopic (exact) mass is 273 g/mol. The number of hydrogen-bond donors (Lipinski definition) is 0. The molecular formula is C16H19NO3. The molecule has 0 spiro atoms. The summed E-state index contributed by atoms with van der Waals surface area (Å²) in [5.74, 6) is 1.36. The third-order valence-electron chi connectivity index (χ3n) is 3.26. The quantitative estimate of drug-likeness (QED) is 0.800. The maximum atomic E-state index is 11.3. The topological polar surface area (TPSA) is 52.3 Å². The number of benzene rings is 1. The largest absolute Gasteiger partial charge is 0.469 e. The molecule has 20 heavy (non-hydrogen) atoms. The van der Waals surface area contributed by atoms with Gasteiger partial charge in [-0.05, 0) is 30.5 Å². The van der Waals surface area contributed by atoms with Gasteiger partial charge in [-0.25, -0.2) is 4.98 Å². The van der Waals surface area contributed by atoms with E-state index in [9.17, 15) is 4.79 Å². The summed E-state index contributed by atoms with van der Waals surface area (Å²) in [5.41, 5.74) is 2.81. The fourth-order valence-electron chi connectivity index (χ4n) is 1.93. The second-order valence-electron chi connectivity index (χ2n) is 5.05. The van der Waals surface area contributed by atoms with Crippen molar-refractivity contribution in [1.82, 2.24) is 4.98 Å². The number of carbonyl (C=O) groups is 1. The number of carbonyl (C=O) groups excluding carboxylic acids is 1. The van der Waals surface area contributed by atoms with Crippen molar-refractivity contribution >= 4 is 5.97 Å². The van der Waals surface area contributed by atoms with Gasteiger partial charge in [0.25, 0.3) is 0 Å². The number of oxazole rings is 1. The van der Waals surface area contributed by atoms with Crippen molar-refractivity contribution < 1.29 is 13.9 Å². The molecule has 4 heteroatoms. The number of nitrogens with zero attached hydrogens (tertiary/aromatic N) is 1. The molecule has 4 nitrogen and oxygen atoms in total. The third kappa shape index (κ3) is 3.07. The van der Waals surface area contributed by atoms with Gasteiger partial charge >= 0.3 is 5.97 Å². The molecule has 0 saturated heterocycles. The molecule has 0 atom stereocenters. The second-order valence-corrected chi connectivity index (χ2v) is 5.05. The van der Waals surface area contributed by atoms with Crippen molar-refractivity contribution in [1.29, 1.82) is 0 Å². The first-order valence-electron chi connectivity index (χ1n) is 6.64. The number of rotatable bonds is 4. The van der Waals surface area contributed by atoms with Crippen LogP contribution in [0.5, 0.6) is 0 Å². The van der Waals surface area contributed by atoms with Crippen LogP contribution < -0.4 is 0 Å². The summed E-state index contributed by atoms with van der Waals surface area (Å²) in [6.45, 7) is 6.11. The van der Waals surface area contributed by atoms with E-state index in [0.29, 0.717) is 23.3 Å². The van der Waals surface area contributed by atoms with E-state index in [-0.39, 0.29) is 12.4 Å². The molecule has 1 aromatic carbocycles. The summed E-state index contributed by atoms with van der Waals surface area (Å²) in [7, 11) is 1.36. The number of esters is 1. The van der Waals surface area contributed by atoms with Crippen molar-refractivity contribution in [3.8, 4) is 11.5 Å². The molecule has 1 heterocycles. The van der Waals surface area contributed by atoms with Gasteiger partial charge in [-0.2, -0.15) is 0 Å². The van der Waals surface area contributed by atoms with Gasteiger partial charge in [-0.3, -0.25) is 4.79 Å². The Kier molecular flexibility index (Phi) is 4.23. The smallest absolute Gasteiger partial charge is 0.311 e. The highest BCUT2D eigenvalue weighted by Crippen LogP contribution is 2.24. The zero-order chi connectivity index (χ0) is 14.7. The lowest BCUT2D eigenvalue weighted by atomic mass is 10.0. The molecule has 2 aromatic rings. The molecule has 2 rings (SSSR count). The molecule has 0 radical (unpaired) electrons. The van der Waals surface area contributed by atoms with Gasteiger partial charge in [0, 0.05) is 5.56 Å². The van der Waals surface area contributed by atoms with Crippen LogP contribution in [-0.4, -0.2) is 18.1 Å². The maximum absolute atomic E-state index is 11.3. The van der Waals surface area contributed by atoms with E-state index in [0.717, 1.165) is 5.56 Å². The van der Waals surface area contributed by atoms with E-state index in [1.54, 1.807) is 6.92 Å². The van der Waals surface area contributed by atoms with E-state index < -0.39 is 0 Å². The van der Waals surface area contributed by atoms with Crippen LogP contribution in [0, 0.1) is 6.92 Å². The molecule has 0 unspecified atom stereocenters. The molecule has 0 saturated carbocycles. The molecule has 0 fully saturated rings. The SMILES string of the molecule is COC(=O)Cc1nc(-c2ccc(C(C)C)cc2)oc1C. The molecule has 0 aliphatic rings. The van der Waals surface area contributed by atoms with Crippen molar-refractivity contribution in [2.75, 3.05) is 7.11 Å². The van der Waals surface area contributed by atoms with Gasteiger partial charge < -0.3 is 9.15 Å². The highest BCUT2D eigenvalue weighted by molar-refractivity contribution is 5.72. The van der Waals surface area contributed by atoms with Crippen molar-refractivity contribution in [3.63, 3.8) is 0 Å². The first-order chi connectivity index (χ1) is 9.51. The number of aromatic nitrogens is 1. The zero-order valence-corrected chi connectivity index (χ0v) is 12.3. The van der Waals surface area contributed by atoms with Crippen LogP contribution in [-0.2, 0) is 16.0 Å². The van der Waals surface area contributed by atoms with Gasteiger partial charge in [0.2, 0.25) is 5.89 Å². The van der Waals surface area contributed by atoms with Crippen molar-refractivity contribution in [2.45, 2.75) is 33.1 Å². The van der Waals surface area contributed by atoms with Gasteiger partial charge in [0.05, 0.1) is 19.2 Å². The number of ether oxygens (including phenoxy) is 1. The van der Waals surface area contributed by atoms with Crippen LogP contribution in [0.1, 0.15) is 36.8 Å². The van der Waals surface area contributed by atoms with Gasteiger partial charge in [-0.15, -0.1) is 0 Å². The lowest BCUT2D eigenvalue weighted by Gasteiger charge is -2.04. The lowest BCUT2D eigenvalue weighted by molar-refractivity contribution is -0.139. The molecule has 1 aromatic heterocycles. The molecule has 0 aliphatic carbocycles. The minimum Gasteiger partial charge on any atom is -0.469 e. The summed E-state index contributed by atoms with van der Waals surface area (Å²) in [6, 6.07) is 8.12. The predicted octanol–water partition coefficient (Wildman–Crippen LogP) is 3.49. The Bertz CT molecular complexity index is 597. The Morgan fingerprint density at radius 1 is 1.30 bits per heavy atom. The van der Waals surface area contributed by atoms with E-state index >= 15 is 0 Å². The number of aryl methyl sites for hydroxylation is 1. The molecular weight excluding hydrogens is 254 g/mol. The van der Waals surface area contributed by atoms with Crippen LogP contribution in [0.15, 0.2) is 28.7 Å². The van der Waals surface area contributed by atoms with Gasteiger partial charge in [0.1, 0.15) is 5.76 Å². The summed E-state index contributed by atoms with van der Waals surface area (Å²) in [4.78, 5) is 15.7. The Hall–Kier alpha value is -2.10. The first kappa shape index (κ1) is 14.3. The predicted molar refractivity (Wildman–Crippen MR) is 76.5 cm³/mol. The van der Waals surface area contributed by atoms with Crippen molar-refractivity contribution in [3.05, 3.63) is 41.3 Å². The highest BCUT2D eigenvalue weighted by Gasteiger charge is 2.15. The van der Waals surface area contributed by atoms with Crippen LogP contribution in [0.3, 0.4) is 0 Å². The Morgan fingerprint density at radius 2 is 1.95 bits per heavy atom. The Morgan fingerprint density at radius 3 is 2.50 bits per heavy atom. The number of methoxy groups -OCH3 is 1. The van der Waals surface area contributed by atoms with Crippen molar-refractivity contribution in [2.24, 2.45) is 0 Å². The minimum absolute atomic E-state index is 0.135. The van der Waals surface area contributed by atoms with Crippen LogP contribution in [0.25, 0.3) is 11.5 Å². The van der Waals surface area contributed by atoms with Crippen LogP contribution in [0.2, 0.25) is 0 Å². The molecule has 106 valence electrons. The summed E-state index contributed by atoms with van der Waals surface area (Å²) >= 11 is 0. The van der Waals surface area contributed by atoms with E-state index in [1.165, 1.54) is 12.7 Å². The maximum Gasteiger partial charge on any atom is 0.311 e. The average molecular weight is 273 g/mol. The highest BCUT2D eigenvalue weighted by atomic mass is 16.5. The normalized spacial score (nSPS) is 10.8. The third-order valence-corrected chi connectivity index (χ3v) is 3.26. The van der Waals surface area contributed by atoms with Crippen LogP contribution in [0.4, 0.5) is 0 Å². The standard InChI is InChI=1S/C16H19NO3/c1-10(2)12-5-7-13(8-6-12)16-17-14(11(3)20-16)9-15(18)19-4/h5-8,10H,9H2,1-4H3. The molecule has 0 amide bonds. The first-order valence-corrected chi connectivity index (χ1v) is 6.64. The zero-order valence-electron chi connectivity index (χ0n) is 12.3. The van der Waals surface area contributed by atoms with Crippen LogP contribution >= 0.6 is 0 Å². The Labute approximate surface area is 118 Å². The molecule has 0 aliphatic heterocycles. The van der Waals surface area contributed by atoms with Gasteiger partial charge in [0.15, 0.2) is 0 Å². The second kappa shape index (κ2) is 5.90. The average Bonchev–Trinajstić information content (AvgIpc) is 2.80. The number of hydrogen-bond acceptors (Lipinski definition) is 4.